The lowest BCUT2D eigenvalue weighted by molar-refractivity contribution is 0.0254. The Morgan fingerprint density at radius 3 is 2.70 bits per heavy atom. The summed E-state index contributed by atoms with van der Waals surface area (Å²) in [4.78, 5) is 26.4. The lowest BCUT2D eigenvalue weighted by atomic mass is 10.1. The van der Waals surface area contributed by atoms with Crippen LogP contribution in [0.2, 0.25) is 0 Å². The number of hydrogen-bond donors (Lipinski definition) is 3. The molecule has 7 nitrogen and oxygen atoms in total. The van der Waals surface area contributed by atoms with Gasteiger partial charge in [-0.2, -0.15) is 0 Å². The molecule has 1 aromatic heterocycles. The number of carbonyl (C=O) groups excluding carboxylic acids is 1. The zero-order valence-electron chi connectivity index (χ0n) is 11.8. The molecule has 0 saturated carbocycles. The summed E-state index contributed by atoms with van der Waals surface area (Å²) in [6, 6.07) is 2.45. The molecule has 0 aliphatic heterocycles. The molecule has 7 heteroatoms. The highest BCUT2D eigenvalue weighted by Gasteiger charge is 2.17. The molecule has 0 saturated heterocycles. The van der Waals surface area contributed by atoms with Gasteiger partial charge in [-0.1, -0.05) is 0 Å². The summed E-state index contributed by atoms with van der Waals surface area (Å²) < 4.78 is 5.17. The molecule has 0 spiro atoms. The summed E-state index contributed by atoms with van der Waals surface area (Å²) in [6.45, 7) is 4.22. The fourth-order valence-corrected chi connectivity index (χ4v) is 1.31. The monoisotopic (exact) mass is 281 g/mol. The van der Waals surface area contributed by atoms with E-state index in [0.29, 0.717) is 12.2 Å². The standard InChI is InChI=1S/C13H19N3O4/c1-13(2,20-3)8-16-12(19)15-7-10-6-9(11(17)18)4-5-14-10/h4-6H,7-8H2,1-3H3,(H,17,18)(H2,15,16,19). The largest absolute Gasteiger partial charge is 0.478 e. The van der Waals surface area contributed by atoms with E-state index in [-0.39, 0.29) is 18.1 Å². The van der Waals surface area contributed by atoms with Gasteiger partial charge in [-0.3, -0.25) is 4.98 Å². The number of nitrogens with zero attached hydrogens (tertiary/aromatic N) is 1. The zero-order valence-corrected chi connectivity index (χ0v) is 11.8. The molecule has 0 atom stereocenters. The van der Waals surface area contributed by atoms with Gasteiger partial charge in [0.25, 0.3) is 0 Å². The van der Waals surface area contributed by atoms with Gasteiger partial charge in [0.05, 0.1) is 23.4 Å². The number of urea groups is 1. The van der Waals surface area contributed by atoms with E-state index in [4.69, 9.17) is 9.84 Å². The molecule has 0 fully saturated rings. The van der Waals surface area contributed by atoms with E-state index < -0.39 is 11.6 Å². The second kappa shape index (κ2) is 6.85. The summed E-state index contributed by atoms with van der Waals surface area (Å²) in [5.41, 5.74) is 0.169. The van der Waals surface area contributed by atoms with Crippen molar-refractivity contribution in [1.82, 2.24) is 15.6 Å². The van der Waals surface area contributed by atoms with Crippen molar-refractivity contribution in [2.75, 3.05) is 13.7 Å². The molecule has 110 valence electrons. The van der Waals surface area contributed by atoms with Gasteiger partial charge >= 0.3 is 12.0 Å². The van der Waals surface area contributed by atoms with Crippen LogP contribution in [0.4, 0.5) is 4.79 Å². The number of carbonyl (C=O) groups is 2. The quantitative estimate of drug-likeness (QED) is 0.722. The Morgan fingerprint density at radius 1 is 1.40 bits per heavy atom. The van der Waals surface area contributed by atoms with Gasteiger partial charge in [-0.25, -0.2) is 9.59 Å². The third-order valence-electron chi connectivity index (χ3n) is 2.72. The number of pyridine rings is 1. The van der Waals surface area contributed by atoms with Crippen LogP contribution in [-0.4, -0.2) is 41.3 Å². The number of aromatic nitrogens is 1. The van der Waals surface area contributed by atoms with Crippen LogP contribution >= 0.6 is 0 Å². The number of rotatable bonds is 6. The molecule has 1 aromatic rings. The molecule has 0 aromatic carbocycles. The number of aromatic carboxylic acids is 1. The molecule has 0 bridgehead atoms. The van der Waals surface area contributed by atoms with Crippen molar-refractivity contribution in [2.24, 2.45) is 0 Å². The Hall–Kier alpha value is -2.15. The average molecular weight is 281 g/mol. The number of carboxylic acid groups (broad SMARTS) is 1. The van der Waals surface area contributed by atoms with Gasteiger partial charge in [0.2, 0.25) is 0 Å². The fourth-order valence-electron chi connectivity index (χ4n) is 1.31. The minimum atomic E-state index is -1.03. The number of hydrogen-bond acceptors (Lipinski definition) is 4. The molecule has 1 heterocycles. The Morgan fingerprint density at radius 2 is 2.10 bits per heavy atom. The number of amides is 2. The summed E-state index contributed by atoms with van der Waals surface area (Å²) in [5, 5.41) is 14.1. The van der Waals surface area contributed by atoms with Gasteiger partial charge in [-0.05, 0) is 26.0 Å². The van der Waals surface area contributed by atoms with E-state index in [1.165, 1.54) is 18.3 Å². The summed E-state index contributed by atoms with van der Waals surface area (Å²) in [7, 11) is 1.57. The van der Waals surface area contributed by atoms with Crippen LogP contribution in [0.15, 0.2) is 18.3 Å². The van der Waals surface area contributed by atoms with Crippen molar-refractivity contribution in [1.29, 1.82) is 0 Å². The van der Waals surface area contributed by atoms with Crippen LogP contribution in [-0.2, 0) is 11.3 Å². The van der Waals surface area contributed by atoms with Crippen molar-refractivity contribution in [3.05, 3.63) is 29.6 Å². The number of carboxylic acids is 1. The van der Waals surface area contributed by atoms with Crippen LogP contribution in [0.3, 0.4) is 0 Å². The van der Waals surface area contributed by atoms with Crippen molar-refractivity contribution in [3.63, 3.8) is 0 Å². The first-order chi connectivity index (χ1) is 9.34. The van der Waals surface area contributed by atoms with E-state index >= 15 is 0 Å². The maximum absolute atomic E-state index is 11.6. The second-order valence-corrected chi connectivity index (χ2v) is 4.84. The minimum absolute atomic E-state index is 0.137. The zero-order chi connectivity index (χ0) is 15.2. The predicted octanol–water partition coefficient (Wildman–Crippen LogP) is 1.00. The highest BCUT2D eigenvalue weighted by atomic mass is 16.5. The Balaban J connectivity index is 2.45. The lowest BCUT2D eigenvalue weighted by Crippen LogP contribution is -2.44. The number of ether oxygens (including phenoxy) is 1. The first-order valence-electron chi connectivity index (χ1n) is 6.09. The maximum atomic E-state index is 11.6. The summed E-state index contributed by atoms with van der Waals surface area (Å²) >= 11 is 0. The first kappa shape index (κ1) is 15.9. The molecule has 2 amide bonds. The molecule has 0 radical (unpaired) electrons. The average Bonchev–Trinajstić information content (AvgIpc) is 2.43. The van der Waals surface area contributed by atoms with Crippen LogP contribution in [0.1, 0.15) is 29.9 Å². The van der Waals surface area contributed by atoms with E-state index in [1.807, 2.05) is 13.8 Å². The van der Waals surface area contributed by atoms with Gasteiger partial charge in [0.15, 0.2) is 0 Å². The normalized spacial score (nSPS) is 10.9. The molecule has 1 rings (SSSR count). The van der Waals surface area contributed by atoms with Crippen LogP contribution in [0.5, 0.6) is 0 Å². The SMILES string of the molecule is COC(C)(C)CNC(=O)NCc1cc(C(=O)O)ccn1. The molecule has 0 aliphatic carbocycles. The molecule has 20 heavy (non-hydrogen) atoms. The third-order valence-corrected chi connectivity index (χ3v) is 2.72. The van der Waals surface area contributed by atoms with Gasteiger partial charge < -0.3 is 20.5 Å². The van der Waals surface area contributed by atoms with Crippen LogP contribution < -0.4 is 10.6 Å². The second-order valence-electron chi connectivity index (χ2n) is 4.84. The molecular formula is C13H19N3O4. The van der Waals surface area contributed by atoms with Crippen LogP contribution in [0.25, 0.3) is 0 Å². The lowest BCUT2D eigenvalue weighted by Gasteiger charge is -2.23. The van der Waals surface area contributed by atoms with Gasteiger partial charge in [0, 0.05) is 19.9 Å². The fraction of sp³-hybridized carbons (Fsp3) is 0.462. The topological polar surface area (TPSA) is 101 Å². The Bertz CT molecular complexity index is 488. The molecule has 3 N–H and O–H groups in total. The van der Waals surface area contributed by atoms with Crippen molar-refractivity contribution >= 4 is 12.0 Å². The molecule has 0 aliphatic rings. The molecular weight excluding hydrogens is 262 g/mol. The van der Waals surface area contributed by atoms with E-state index in [9.17, 15) is 9.59 Å². The smallest absolute Gasteiger partial charge is 0.335 e. The highest BCUT2D eigenvalue weighted by molar-refractivity contribution is 5.87. The maximum Gasteiger partial charge on any atom is 0.335 e. The number of nitrogens with one attached hydrogen (secondary N) is 2. The molecule has 0 unspecified atom stereocenters. The van der Waals surface area contributed by atoms with Crippen molar-refractivity contribution in [3.8, 4) is 0 Å². The predicted molar refractivity (Wildman–Crippen MR) is 72.5 cm³/mol. The Kier molecular flexibility index (Phi) is 5.45. The van der Waals surface area contributed by atoms with Crippen LogP contribution in [0, 0.1) is 0 Å². The van der Waals surface area contributed by atoms with E-state index in [0.717, 1.165) is 0 Å². The third kappa shape index (κ3) is 5.23. The van der Waals surface area contributed by atoms with E-state index in [2.05, 4.69) is 15.6 Å². The van der Waals surface area contributed by atoms with Gasteiger partial charge in [0.1, 0.15) is 0 Å². The van der Waals surface area contributed by atoms with Crippen molar-refractivity contribution < 1.29 is 19.4 Å². The summed E-state index contributed by atoms with van der Waals surface area (Å²) in [5.74, 6) is -1.03. The van der Waals surface area contributed by atoms with Crippen molar-refractivity contribution in [2.45, 2.75) is 26.0 Å². The Labute approximate surface area is 117 Å². The first-order valence-corrected chi connectivity index (χ1v) is 6.09. The highest BCUT2D eigenvalue weighted by Crippen LogP contribution is 2.04. The minimum Gasteiger partial charge on any atom is -0.478 e. The number of methoxy groups -OCH3 is 1. The van der Waals surface area contributed by atoms with E-state index in [1.54, 1.807) is 7.11 Å². The summed E-state index contributed by atoms with van der Waals surface area (Å²) in [6.07, 6.45) is 1.40. The van der Waals surface area contributed by atoms with Gasteiger partial charge in [-0.15, -0.1) is 0 Å².